The molecule has 1 N–H and O–H groups in total. The smallest absolute Gasteiger partial charge is 0.255 e. The maximum Gasteiger partial charge on any atom is 0.255 e. The minimum Gasteiger partial charge on any atom is -0.321 e. The van der Waals surface area contributed by atoms with Gasteiger partial charge in [0.15, 0.2) is 5.78 Å². The number of anilines is 1. The third-order valence-corrected chi connectivity index (χ3v) is 4.09. The Bertz CT molecular complexity index is 874. The molecule has 0 radical (unpaired) electrons. The van der Waals surface area contributed by atoms with Gasteiger partial charge in [0, 0.05) is 21.2 Å². The molecule has 0 unspecified atom stereocenters. The number of nitrogens with one attached hydrogen (secondary N) is 1. The number of para-hydroxylation sites is 1. The van der Waals surface area contributed by atoms with Crippen LogP contribution in [0.5, 0.6) is 0 Å². The van der Waals surface area contributed by atoms with E-state index in [4.69, 9.17) is 0 Å². The summed E-state index contributed by atoms with van der Waals surface area (Å²) in [5.74, 6) is -0.377. The first-order chi connectivity index (χ1) is 11.6. The number of amides is 1. The topological polar surface area (TPSA) is 46.2 Å². The van der Waals surface area contributed by atoms with E-state index in [1.807, 2.05) is 18.2 Å². The molecule has 1 amide bonds. The second-order valence-corrected chi connectivity index (χ2v) is 6.12. The molecule has 118 valence electrons. The quantitative estimate of drug-likeness (QED) is 0.653. The highest BCUT2D eigenvalue weighted by atomic mass is 79.9. The first-order valence-corrected chi connectivity index (χ1v) is 8.20. The molecule has 0 fully saturated rings. The SMILES string of the molecule is O=C(Nc1ccccc1C(=O)c1ccccc1)c1ccc(Br)cc1. The Balaban J connectivity index is 1.88. The molecule has 0 aromatic heterocycles. The Hall–Kier alpha value is -2.72. The van der Waals surface area contributed by atoms with E-state index >= 15 is 0 Å². The van der Waals surface area contributed by atoms with E-state index in [0.717, 1.165) is 4.47 Å². The molecule has 0 saturated heterocycles. The van der Waals surface area contributed by atoms with Crippen molar-refractivity contribution < 1.29 is 9.59 Å². The molecule has 0 heterocycles. The number of hydrogen-bond donors (Lipinski definition) is 1. The Morgan fingerprint density at radius 3 is 2.04 bits per heavy atom. The Kier molecular flexibility index (Phi) is 4.87. The van der Waals surface area contributed by atoms with E-state index in [-0.39, 0.29) is 11.7 Å². The number of benzene rings is 3. The summed E-state index contributed by atoms with van der Waals surface area (Å²) in [4.78, 5) is 25.1. The van der Waals surface area contributed by atoms with Crippen molar-refractivity contribution in [3.05, 3.63) is 100 Å². The molecule has 24 heavy (non-hydrogen) atoms. The molecule has 0 spiro atoms. The van der Waals surface area contributed by atoms with E-state index in [2.05, 4.69) is 21.2 Å². The van der Waals surface area contributed by atoms with Crippen molar-refractivity contribution >= 4 is 33.3 Å². The van der Waals surface area contributed by atoms with Gasteiger partial charge < -0.3 is 5.32 Å². The first-order valence-electron chi connectivity index (χ1n) is 7.41. The van der Waals surface area contributed by atoms with E-state index < -0.39 is 0 Å². The second-order valence-electron chi connectivity index (χ2n) is 5.20. The Labute approximate surface area is 148 Å². The van der Waals surface area contributed by atoms with Gasteiger partial charge in [-0.2, -0.15) is 0 Å². The molecule has 3 rings (SSSR count). The lowest BCUT2D eigenvalue weighted by Gasteiger charge is -2.10. The summed E-state index contributed by atoms with van der Waals surface area (Å²) in [6, 6.07) is 23.1. The summed E-state index contributed by atoms with van der Waals surface area (Å²) in [6.45, 7) is 0. The summed E-state index contributed by atoms with van der Waals surface area (Å²) >= 11 is 3.34. The third-order valence-electron chi connectivity index (χ3n) is 3.56. The lowest BCUT2D eigenvalue weighted by atomic mass is 10.0. The van der Waals surface area contributed by atoms with Crippen molar-refractivity contribution in [1.82, 2.24) is 0 Å². The highest BCUT2D eigenvalue weighted by Crippen LogP contribution is 2.20. The largest absolute Gasteiger partial charge is 0.321 e. The van der Waals surface area contributed by atoms with Crippen molar-refractivity contribution in [1.29, 1.82) is 0 Å². The van der Waals surface area contributed by atoms with Gasteiger partial charge in [-0.25, -0.2) is 0 Å². The van der Waals surface area contributed by atoms with Gasteiger partial charge >= 0.3 is 0 Å². The first kappa shape index (κ1) is 16.1. The van der Waals surface area contributed by atoms with Gasteiger partial charge in [0.1, 0.15) is 0 Å². The van der Waals surface area contributed by atoms with Gasteiger partial charge in [0.25, 0.3) is 5.91 Å². The van der Waals surface area contributed by atoms with Crippen LogP contribution < -0.4 is 5.32 Å². The Morgan fingerprint density at radius 2 is 1.33 bits per heavy atom. The standard InChI is InChI=1S/C20H14BrNO2/c21-16-12-10-15(11-13-16)20(24)22-18-9-5-4-8-17(18)19(23)14-6-2-1-3-7-14/h1-13H,(H,22,24). The van der Waals surface area contributed by atoms with Crippen LogP contribution in [0.3, 0.4) is 0 Å². The zero-order chi connectivity index (χ0) is 16.9. The highest BCUT2D eigenvalue weighted by Gasteiger charge is 2.15. The molecule has 4 heteroatoms. The maximum absolute atomic E-state index is 12.7. The molecule has 0 atom stereocenters. The van der Waals surface area contributed by atoms with Crippen LogP contribution in [0.1, 0.15) is 26.3 Å². The number of carbonyl (C=O) groups is 2. The minimum absolute atomic E-state index is 0.123. The molecule has 0 saturated carbocycles. The van der Waals surface area contributed by atoms with Gasteiger partial charge in [0.05, 0.1) is 5.69 Å². The molecular formula is C20H14BrNO2. The third kappa shape index (κ3) is 3.60. The number of hydrogen-bond acceptors (Lipinski definition) is 2. The second kappa shape index (κ2) is 7.23. The molecule has 3 nitrogen and oxygen atoms in total. The van der Waals surface area contributed by atoms with Crippen molar-refractivity contribution in [3.8, 4) is 0 Å². The highest BCUT2D eigenvalue weighted by molar-refractivity contribution is 9.10. The summed E-state index contributed by atoms with van der Waals surface area (Å²) in [5, 5.41) is 2.82. The zero-order valence-electron chi connectivity index (χ0n) is 12.7. The zero-order valence-corrected chi connectivity index (χ0v) is 14.3. The minimum atomic E-state index is -0.254. The van der Waals surface area contributed by atoms with Crippen LogP contribution in [0.15, 0.2) is 83.3 Å². The maximum atomic E-state index is 12.7. The summed E-state index contributed by atoms with van der Waals surface area (Å²) in [7, 11) is 0. The van der Waals surface area contributed by atoms with Gasteiger partial charge in [-0.1, -0.05) is 58.4 Å². The lowest BCUT2D eigenvalue weighted by Crippen LogP contribution is -2.15. The van der Waals surface area contributed by atoms with Crippen molar-refractivity contribution in [2.75, 3.05) is 5.32 Å². The summed E-state index contributed by atoms with van der Waals surface area (Å²) in [5.41, 5.74) is 2.08. The van der Waals surface area contributed by atoms with Crippen molar-refractivity contribution in [3.63, 3.8) is 0 Å². The predicted molar refractivity (Wildman–Crippen MR) is 98.4 cm³/mol. The molecule has 3 aromatic rings. The van der Waals surface area contributed by atoms with Gasteiger partial charge in [-0.15, -0.1) is 0 Å². The van der Waals surface area contributed by atoms with Crippen LogP contribution in [0.2, 0.25) is 0 Å². The number of carbonyl (C=O) groups excluding carboxylic acids is 2. The average Bonchev–Trinajstić information content (AvgIpc) is 2.63. The summed E-state index contributed by atoms with van der Waals surface area (Å²) in [6.07, 6.45) is 0. The molecular weight excluding hydrogens is 366 g/mol. The predicted octanol–water partition coefficient (Wildman–Crippen LogP) is 4.93. The monoisotopic (exact) mass is 379 g/mol. The van der Waals surface area contributed by atoms with Gasteiger partial charge in [-0.3, -0.25) is 9.59 Å². The molecule has 0 aliphatic rings. The number of rotatable bonds is 4. The van der Waals surface area contributed by atoms with Crippen LogP contribution in [-0.4, -0.2) is 11.7 Å². The van der Waals surface area contributed by atoms with E-state index in [1.165, 1.54) is 0 Å². The fourth-order valence-corrected chi connectivity index (χ4v) is 2.60. The van der Waals surface area contributed by atoms with Crippen molar-refractivity contribution in [2.45, 2.75) is 0 Å². The fourth-order valence-electron chi connectivity index (χ4n) is 2.33. The molecule has 0 aliphatic carbocycles. The van der Waals surface area contributed by atoms with E-state index in [9.17, 15) is 9.59 Å². The van der Waals surface area contributed by atoms with E-state index in [1.54, 1.807) is 60.7 Å². The van der Waals surface area contributed by atoms with Crippen LogP contribution in [0, 0.1) is 0 Å². The molecule has 0 aliphatic heterocycles. The van der Waals surface area contributed by atoms with Crippen LogP contribution in [-0.2, 0) is 0 Å². The normalized spacial score (nSPS) is 10.2. The van der Waals surface area contributed by atoms with E-state index in [0.29, 0.717) is 22.4 Å². The average molecular weight is 380 g/mol. The van der Waals surface area contributed by atoms with Crippen LogP contribution in [0.4, 0.5) is 5.69 Å². The fraction of sp³-hybridized carbons (Fsp3) is 0. The van der Waals surface area contributed by atoms with Gasteiger partial charge in [0.2, 0.25) is 0 Å². The molecule has 3 aromatic carbocycles. The van der Waals surface area contributed by atoms with Gasteiger partial charge in [-0.05, 0) is 36.4 Å². The van der Waals surface area contributed by atoms with Crippen molar-refractivity contribution in [2.24, 2.45) is 0 Å². The molecule has 0 bridgehead atoms. The Morgan fingerprint density at radius 1 is 0.708 bits per heavy atom. The lowest BCUT2D eigenvalue weighted by molar-refractivity contribution is 0.102. The number of ketones is 1. The van der Waals surface area contributed by atoms with Crippen LogP contribution >= 0.6 is 15.9 Å². The number of halogens is 1. The summed E-state index contributed by atoms with van der Waals surface area (Å²) < 4.78 is 0.902. The van der Waals surface area contributed by atoms with Crippen LogP contribution in [0.25, 0.3) is 0 Å².